The lowest BCUT2D eigenvalue weighted by Gasteiger charge is -2.09. The van der Waals surface area contributed by atoms with Crippen molar-refractivity contribution in [2.45, 2.75) is 34.1 Å². The van der Waals surface area contributed by atoms with Crippen LogP contribution in [0.15, 0.2) is 23.8 Å². The fourth-order valence-corrected chi connectivity index (χ4v) is 1.36. The Balaban J connectivity index is 3.13. The SMILES string of the molecule is C/C(=C/c1cc(C(F)F)ccc1C)C(C)C. The monoisotopic (exact) mass is 224 g/mol. The van der Waals surface area contributed by atoms with Gasteiger partial charge in [0.2, 0.25) is 0 Å². The summed E-state index contributed by atoms with van der Waals surface area (Å²) in [7, 11) is 0. The van der Waals surface area contributed by atoms with E-state index in [0.29, 0.717) is 5.92 Å². The summed E-state index contributed by atoms with van der Waals surface area (Å²) in [5.41, 5.74) is 3.22. The Labute approximate surface area is 96.0 Å². The normalized spacial score (nSPS) is 12.6. The highest BCUT2D eigenvalue weighted by Gasteiger charge is 2.08. The highest BCUT2D eigenvalue weighted by atomic mass is 19.3. The van der Waals surface area contributed by atoms with E-state index in [1.807, 2.05) is 19.9 Å². The maximum atomic E-state index is 12.6. The van der Waals surface area contributed by atoms with E-state index in [-0.39, 0.29) is 5.56 Å². The summed E-state index contributed by atoms with van der Waals surface area (Å²) in [6, 6.07) is 4.81. The number of halogens is 2. The molecule has 0 atom stereocenters. The Morgan fingerprint density at radius 3 is 2.38 bits per heavy atom. The van der Waals surface area contributed by atoms with Crippen LogP contribution in [-0.4, -0.2) is 0 Å². The van der Waals surface area contributed by atoms with E-state index in [9.17, 15) is 8.78 Å². The van der Waals surface area contributed by atoms with Crippen molar-refractivity contribution >= 4 is 6.08 Å². The highest BCUT2D eigenvalue weighted by Crippen LogP contribution is 2.24. The quantitative estimate of drug-likeness (QED) is 0.678. The Morgan fingerprint density at radius 2 is 1.88 bits per heavy atom. The van der Waals surface area contributed by atoms with Crippen molar-refractivity contribution in [1.29, 1.82) is 0 Å². The lowest BCUT2D eigenvalue weighted by molar-refractivity contribution is 0.151. The number of hydrogen-bond donors (Lipinski definition) is 0. The first kappa shape index (κ1) is 12.9. The van der Waals surface area contributed by atoms with Gasteiger partial charge in [0.15, 0.2) is 0 Å². The molecule has 0 amide bonds. The van der Waals surface area contributed by atoms with Crippen molar-refractivity contribution in [2.24, 2.45) is 5.92 Å². The fraction of sp³-hybridized carbons (Fsp3) is 0.429. The van der Waals surface area contributed by atoms with Crippen LogP contribution in [0.5, 0.6) is 0 Å². The first-order valence-electron chi connectivity index (χ1n) is 5.48. The molecule has 0 aliphatic heterocycles. The average molecular weight is 224 g/mol. The molecule has 0 saturated carbocycles. The van der Waals surface area contributed by atoms with Crippen molar-refractivity contribution in [3.8, 4) is 0 Å². The van der Waals surface area contributed by atoms with Gasteiger partial charge in [0.25, 0.3) is 6.43 Å². The largest absolute Gasteiger partial charge is 0.263 e. The van der Waals surface area contributed by atoms with Crippen LogP contribution >= 0.6 is 0 Å². The van der Waals surface area contributed by atoms with E-state index < -0.39 is 6.43 Å². The second-order valence-corrected chi connectivity index (χ2v) is 4.46. The lowest BCUT2D eigenvalue weighted by atomic mass is 9.98. The number of rotatable bonds is 3. The Kier molecular flexibility index (Phi) is 4.22. The molecule has 0 heterocycles. The lowest BCUT2D eigenvalue weighted by Crippen LogP contribution is -1.92. The molecule has 2 heteroatoms. The smallest absolute Gasteiger partial charge is 0.205 e. The minimum atomic E-state index is -2.40. The van der Waals surface area contributed by atoms with Crippen LogP contribution in [0.1, 0.15) is 43.9 Å². The number of aryl methyl sites for hydroxylation is 1. The van der Waals surface area contributed by atoms with E-state index in [4.69, 9.17) is 0 Å². The summed E-state index contributed by atoms with van der Waals surface area (Å²) in [5, 5.41) is 0. The maximum Gasteiger partial charge on any atom is 0.263 e. The van der Waals surface area contributed by atoms with Crippen LogP contribution in [0.3, 0.4) is 0 Å². The third-order valence-electron chi connectivity index (χ3n) is 2.85. The molecule has 1 rings (SSSR count). The zero-order valence-corrected chi connectivity index (χ0v) is 10.2. The molecule has 0 saturated heterocycles. The van der Waals surface area contributed by atoms with Crippen molar-refractivity contribution < 1.29 is 8.78 Å². The number of hydrogen-bond acceptors (Lipinski definition) is 0. The predicted molar refractivity (Wildman–Crippen MR) is 64.6 cm³/mol. The molecule has 0 aromatic heterocycles. The molecule has 0 unspecified atom stereocenters. The summed E-state index contributed by atoms with van der Waals surface area (Å²) in [6.07, 6.45) is -0.404. The van der Waals surface area contributed by atoms with Gasteiger partial charge < -0.3 is 0 Å². The zero-order valence-electron chi connectivity index (χ0n) is 10.2. The van der Waals surface area contributed by atoms with Gasteiger partial charge in [-0.05, 0) is 37.0 Å². The molecular formula is C14H18F2. The molecule has 0 nitrogen and oxygen atoms in total. The van der Waals surface area contributed by atoms with Crippen LogP contribution in [0.4, 0.5) is 8.78 Å². The van der Waals surface area contributed by atoms with Gasteiger partial charge in [0.1, 0.15) is 0 Å². The van der Waals surface area contributed by atoms with Crippen molar-refractivity contribution in [2.75, 3.05) is 0 Å². The summed E-state index contributed by atoms with van der Waals surface area (Å²) in [4.78, 5) is 0. The van der Waals surface area contributed by atoms with Crippen molar-refractivity contribution in [1.82, 2.24) is 0 Å². The van der Waals surface area contributed by atoms with Crippen LogP contribution in [0.2, 0.25) is 0 Å². The summed E-state index contributed by atoms with van der Waals surface area (Å²) in [6.45, 7) is 8.16. The molecule has 0 spiro atoms. The minimum absolute atomic E-state index is 0.0911. The standard InChI is InChI=1S/C14H18F2/c1-9(2)11(4)7-13-8-12(14(15)16)6-5-10(13)3/h5-9,14H,1-4H3/b11-7-. The van der Waals surface area contributed by atoms with Gasteiger partial charge >= 0.3 is 0 Å². The molecule has 0 radical (unpaired) electrons. The first-order valence-corrected chi connectivity index (χ1v) is 5.48. The van der Waals surface area contributed by atoms with Crippen molar-refractivity contribution in [3.63, 3.8) is 0 Å². The Hall–Kier alpha value is -1.18. The van der Waals surface area contributed by atoms with E-state index in [1.54, 1.807) is 12.1 Å². The summed E-state index contributed by atoms with van der Waals surface area (Å²) < 4.78 is 25.1. The summed E-state index contributed by atoms with van der Waals surface area (Å²) >= 11 is 0. The number of allylic oxidation sites excluding steroid dienone is 1. The third kappa shape index (κ3) is 3.16. The molecule has 0 N–H and O–H groups in total. The van der Waals surface area contributed by atoms with Gasteiger partial charge in [-0.2, -0.15) is 0 Å². The third-order valence-corrected chi connectivity index (χ3v) is 2.85. The second-order valence-electron chi connectivity index (χ2n) is 4.46. The van der Waals surface area contributed by atoms with E-state index >= 15 is 0 Å². The predicted octanol–water partition coefficient (Wildman–Crippen LogP) is 4.99. The Bertz CT molecular complexity index is 390. The molecule has 16 heavy (non-hydrogen) atoms. The molecule has 0 aliphatic rings. The molecule has 0 bridgehead atoms. The van der Waals surface area contributed by atoms with E-state index in [1.165, 1.54) is 11.6 Å². The molecule has 0 fully saturated rings. The Morgan fingerprint density at radius 1 is 1.25 bits per heavy atom. The maximum absolute atomic E-state index is 12.6. The van der Waals surface area contributed by atoms with Gasteiger partial charge in [-0.1, -0.05) is 37.6 Å². The van der Waals surface area contributed by atoms with Gasteiger partial charge in [0.05, 0.1) is 0 Å². The van der Waals surface area contributed by atoms with Gasteiger partial charge in [0, 0.05) is 5.56 Å². The topological polar surface area (TPSA) is 0 Å². The van der Waals surface area contributed by atoms with E-state index in [2.05, 4.69) is 13.8 Å². The molecular weight excluding hydrogens is 206 g/mol. The first-order chi connectivity index (χ1) is 7.41. The van der Waals surface area contributed by atoms with Crippen LogP contribution < -0.4 is 0 Å². The molecule has 1 aromatic carbocycles. The fourth-order valence-electron chi connectivity index (χ4n) is 1.36. The highest BCUT2D eigenvalue weighted by molar-refractivity contribution is 5.57. The zero-order chi connectivity index (χ0) is 12.3. The van der Waals surface area contributed by atoms with Gasteiger partial charge in [-0.25, -0.2) is 8.78 Å². The minimum Gasteiger partial charge on any atom is -0.205 e. The molecule has 88 valence electrons. The van der Waals surface area contributed by atoms with Gasteiger partial charge in [-0.15, -0.1) is 0 Å². The average Bonchev–Trinajstić information content (AvgIpc) is 2.20. The van der Waals surface area contributed by atoms with Crippen LogP contribution in [0, 0.1) is 12.8 Å². The number of benzene rings is 1. The molecule has 1 aromatic rings. The van der Waals surface area contributed by atoms with Gasteiger partial charge in [-0.3, -0.25) is 0 Å². The van der Waals surface area contributed by atoms with Crippen molar-refractivity contribution in [3.05, 3.63) is 40.5 Å². The van der Waals surface area contributed by atoms with E-state index in [0.717, 1.165) is 11.1 Å². The van der Waals surface area contributed by atoms with Crippen LogP contribution in [0.25, 0.3) is 6.08 Å². The second kappa shape index (κ2) is 5.24. The summed E-state index contributed by atoms with van der Waals surface area (Å²) in [5.74, 6) is 0.439. The molecule has 0 aliphatic carbocycles. The van der Waals surface area contributed by atoms with Crippen LogP contribution in [-0.2, 0) is 0 Å². The number of alkyl halides is 2.